The zero-order chi connectivity index (χ0) is 11.7. The number of anilines is 1. The van der Waals surface area contributed by atoms with E-state index in [1.807, 2.05) is 26.0 Å². The fraction of sp³-hybridized carbons (Fsp3) is 0.167. The van der Waals surface area contributed by atoms with Gasteiger partial charge in [-0.3, -0.25) is 0 Å². The summed E-state index contributed by atoms with van der Waals surface area (Å²) < 4.78 is 5.49. The lowest BCUT2D eigenvalue weighted by Crippen LogP contribution is -1.98. The molecule has 0 saturated heterocycles. The van der Waals surface area contributed by atoms with Gasteiger partial charge in [-0.1, -0.05) is 0 Å². The van der Waals surface area contributed by atoms with Crippen molar-refractivity contribution in [3.05, 3.63) is 35.2 Å². The van der Waals surface area contributed by atoms with E-state index in [9.17, 15) is 0 Å². The van der Waals surface area contributed by atoms with Crippen molar-refractivity contribution in [1.82, 2.24) is 4.98 Å². The monoisotopic (exact) mass is 213 g/mol. The van der Waals surface area contributed by atoms with Crippen LogP contribution in [0.1, 0.15) is 17.0 Å². The number of aryl methyl sites for hydroxylation is 2. The number of rotatable bonds is 1. The molecule has 0 fully saturated rings. The fourth-order valence-electron chi connectivity index (χ4n) is 1.59. The van der Waals surface area contributed by atoms with Gasteiger partial charge in [0.05, 0.1) is 0 Å². The highest BCUT2D eigenvalue weighted by atomic mass is 16.3. The molecule has 4 heteroatoms. The molecule has 0 aliphatic heterocycles. The number of nitrogens with two attached hydrogens (primary N) is 1. The molecule has 2 heterocycles. The molecule has 0 aromatic carbocycles. The number of hydrogen-bond donors (Lipinski definition) is 1. The third-order valence-electron chi connectivity index (χ3n) is 2.29. The Kier molecular flexibility index (Phi) is 2.37. The minimum Gasteiger partial charge on any atom is -0.461 e. The van der Waals surface area contributed by atoms with Crippen LogP contribution in [-0.2, 0) is 0 Å². The van der Waals surface area contributed by atoms with Gasteiger partial charge in [-0.15, -0.1) is 0 Å². The predicted molar refractivity (Wildman–Crippen MR) is 60.5 cm³/mol. The van der Waals surface area contributed by atoms with Gasteiger partial charge in [0.1, 0.15) is 29.0 Å². The normalized spacial score (nSPS) is 10.1. The summed E-state index contributed by atoms with van der Waals surface area (Å²) in [6.07, 6.45) is 0. The topological polar surface area (TPSA) is 75.8 Å². The average molecular weight is 213 g/mol. The lowest BCUT2D eigenvalue weighted by molar-refractivity contribution is 0.548. The highest BCUT2D eigenvalue weighted by Gasteiger charge is 2.13. The number of pyridine rings is 1. The highest BCUT2D eigenvalue weighted by Crippen LogP contribution is 2.28. The molecule has 0 unspecified atom stereocenters. The zero-order valence-corrected chi connectivity index (χ0v) is 9.11. The SMILES string of the molecule is Cc1cc(-c2ccc(C)o2)c(C#N)c(N)n1. The smallest absolute Gasteiger partial charge is 0.142 e. The van der Waals surface area contributed by atoms with E-state index in [2.05, 4.69) is 11.1 Å². The lowest BCUT2D eigenvalue weighted by Gasteiger charge is -2.04. The summed E-state index contributed by atoms with van der Waals surface area (Å²) in [4.78, 5) is 4.05. The van der Waals surface area contributed by atoms with Crippen LogP contribution in [0, 0.1) is 25.2 Å². The van der Waals surface area contributed by atoms with E-state index in [0.717, 1.165) is 11.5 Å². The van der Waals surface area contributed by atoms with E-state index in [1.54, 1.807) is 6.07 Å². The van der Waals surface area contributed by atoms with Crippen LogP contribution in [-0.4, -0.2) is 4.98 Å². The van der Waals surface area contributed by atoms with E-state index < -0.39 is 0 Å². The van der Waals surface area contributed by atoms with Crippen LogP contribution in [0.5, 0.6) is 0 Å². The summed E-state index contributed by atoms with van der Waals surface area (Å²) in [6, 6.07) is 7.52. The zero-order valence-electron chi connectivity index (χ0n) is 9.11. The maximum absolute atomic E-state index is 9.05. The molecule has 0 bridgehead atoms. The van der Waals surface area contributed by atoms with Crippen LogP contribution < -0.4 is 5.73 Å². The molecule has 0 radical (unpaired) electrons. The Labute approximate surface area is 93.3 Å². The number of furan rings is 1. The van der Waals surface area contributed by atoms with Gasteiger partial charge in [0.15, 0.2) is 0 Å². The van der Waals surface area contributed by atoms with E-state index in [-0.39, 0.29) is 5.82 Å². The van der Waals surface area contributed by atoms with Gasteiger partial charge in [-0.25, -0.2) is 4.98 Å². The number of nitrogen functional groups attached to an aromatic ring is 1. The first-order valence-corrected chi connectivity index (χ1v) is 4.86. The number of hydrogen-bond acceptors (Lipinski definition) is 4. The van der Waals surface area contributed by atoms with Crippen molar-refractivity contribution in [3.8, 4) is 17.4 Å². The summed E-state index contributed by atoms with van der Waals surface area (Å²) in [5, 5.41) is 9.05. The second kappa shape index (κ2) is 3.70. The number of nitriles is 1. The van der Waals surface area contributed by atoms with Crippen LogP contribution in [0.2, 0.25) is 0 Å². The van der Waals surface area contributed by atoms with Crippen molar-refractivity contribution in [2.75, 3.05) is 5.73 Å². The maximum Gasteiger partial charge on any atom is 0.142 e. The average Bonchev–Trinajstić information content (AvgIpc) is 2.63. The Morgan fingerprint density at radius 3 is 2.69 bits per heavy atom. The molecule has 0 saturated carbocycles. The third kappa shape index (κ3) is 1.63. The Hall–Kier alpha value is -2.28. The summed E-state index contributed by atoms with van der Waals surface area (Å²) in [5.74, 6) is 1.68. The summed E-state index contributed by atoms with van der Waals surface area (Å²) in [7, 11) is 0. The van der Waals surface area contributed by atoms with Crippen molar-refractivity contribution in [1.29, 1.82) is 5.26 Å². The fourth-order valence-corrected chi connectivity index (χ4v) is 1.59. The van der Waals surface area contributed by atoms with Crippen molar-refractivity contribution in [3.63, 3.8) is 0 Å². The van der Waals surface area contributed by atoms with Crippen molar-refractivity contribution >= 4 is 5.82 Å². The van der Waals surface area contributed by atoms with Gasteiger partial charge in [0.25, 0.3) is 0 Å². The molecule has 0 amide bonds. The molecule has 2 aromatic heterocycles. The Morgan fingerprint density at radius 1 is 1.38 bits per heavy atom. The molecule has 80 valence electrons. The minimum atomic E-state index is 0.242. The molecular formula is C12H11N3O. The lowest BCUT2D eigenvalue weighted by atomic mass is 10.1. The van der Waals surface area contributed by atoms with E-state index >= 15 is 0 Å². The van der Waals surface area contributed by atoms with E-state index in [4.69, 9.17) is 15.4 Å². The largest absolute Gasteiger partial charge is 0.461 e. The number of aromatic nitrogens is 1. The first kappa shape index (κ1) is 10.2. The molecule has 2 N–H and O–H groups in total. The Balaban J connectivity index is 2.69. The van der Waals surface area contributed by atoms with Crippen molar-refractivity contribution in [2.24, 2.45) is 0 Å². The maximum atomic E-state index is 9.05. The Morgan fingerprint density at radius 2 is 2.12 bits per heavy atom. The molecule has 2 rings (SSSR count). The first-order chi connectivity index (χ1) is 7.61. The molecule has 2 aromatic rings. The molecule has 4 nitrogen and oxygen atoms in total. The van der Waals surface area contributed by atoms with Gasteiger partial charge in [-0.05, 0) is 32.0 Å². The van der Waals surface area contributed by atoms with Gasteiger partial charge in [0, 0.05) is 11.3 Å². The standard InChI is InChI=1S/C12H11N3O/c1-7-5-9(10(6-13)12(14)15-7)11-4-3-8(2)16-11/h3-5H,1-2H3,(H2,14,15). The van der Waals surface area contributed by atoms with Crippen LogP contribution in [0.3, 0.4) is 0 Å². The van der Waals surface area contributed by atoms with Crippen LogP contribution in [0.25, 0.3) is 11.3 Å². The predicted octanol–water partition coefficient (Wildman–Crippen LogP) is 2.41. The van der Waals surface area contributed by atoms with Crippen LogP contribution >= 0.6 is 0 Å². The quantitative estimate of drug-likeness (QED) is 0.789. The third-order valence-corrected chi connectivity index (χ3v) is 2.29. The summed E-state index contributed by atoms with van der Waals surface area (Å²) >= 11 is 0. The molecule has 0 spiro atoms. The van der Waals surface area contributed by atoms with Gasteiger partial charge >= 0.3 is 0 Å². The Bertz CT molecular complexity index is 578. The summed E-state index contributed by atoms with van der Waals surface area (Å²) in [5.41, 5.74) is 7.52. The molecule has 0 atom stereocenters. The molecule has 0 aliphatic rings. The van der Waals surface area contributed by atoms with E-state index in [1.165, 1.54) is 0 Å². The van der Waals surface area contributed by atoms with Gasteiger partial charge in [-0.2, -0.15) is 5.26 Å². The van der Waals surface area contributed by atoms with Gasteiger partial charge < -0.3 is 10.2 Å². The second-order valence-corrected chi connectivity index (χ2v) is 3.59. The van der Waals surface area contributed by atoms with Crippen molar-refractivity contribution < 1.29 is 4.42 Å². The molecule has 16 heavy (non-hydrogen) atoms. The van der Waals surface area contributed by atoms with Crippen LogP contribution in [0.15, 0.2) is 22.6 Å². The minimum absolute atomic E-state index is 0.242. The molecular weight excluding hydrogens is 202 g/mol. The second-order valence-electron chi connectivity index (χ2n) is 3.59. The van der Waals surface area contributed by atoms with Crippen molar-refractivity contribution in [2.45, 2.75) is 13.8 Å². The molecule has 0 aliphatic carbocycles. The highest BCUT2D eigenvalue weighted by molar-refractivity contribution is 5.72. The first-order valence-electron chi connectivity index (χ1n) is 4.86. The van der Waals surface area contributed by atoms with E-state index in [0.29, 0.717) is 16.9 Å². The summed E-state index contributed by atoms with van der Waals surface area (Å²) in [6.45, 7) is 3.68. The van der Waals surface area contributed by atoms with Gasteiger partial charge in [0.2, 0.25) is 0 Å². The number of nitrogens with zero attached hydrogens (tertiary/aromatic N) is 2. The van der Waals surface area contributed by atoms with Crippen LogP contribution in [0.4, 0.5) is 5.82 Å².